The van der Waals surface area contributed by atoms with Crippen molar-refractivity contribution < 1.29 is 18.6 Å². The van der Waals surface area contributed by atoms with Gasteiger partial charge in [-0.15, -0.1) is 0 Å². The first-order valence-electron chi connectivity index (χ1n) is 11.5. The first-order valence-corrected chi connectivity index (χ1v) is 12.3. The average molecular weight is 511 g/mol. The summed E-state index contributed by atoms with van der Waals surface area (Å²) in [5.74, 6) is 2.46. The molecule has 0 amide bonds. The van der Waals surface area contributed by atoms with Crippen LogP contribution in [-0.4, -0.2) is 13.2 Å². The number of ether oxygens (including phenoxy) is 3. The summed E-state index contributed by atoms with van der Waals surface area (Å²) in [6.07, 6.45) is 1.49. The highest BCUT2D eigenvalue weighted by Crippen LogP contribution is 2.36. The minimum atomic E-state index is -0.103. The van der Waals surface area contributed by atoms with Crippen molar-refractivity contribution in [3.05, 3.63) is 85.7 Å². The Morgan fingerprint density at radius 1 is 0.971 bits per heavy atom. The lowest BCUT2D eigenvalue weighted by Gasteiger charge is -2.15. The van der Waals surface area contributed by atoms with Gasteiger partial charge < -0.3 is 18.6 Å². The number of hydrogen-bond donors (Lipinski definition) is 0. The van der Waals surface area contributed by atoms with Gasteiger partial charge in [-0.3, -0.25) is 4.79 Å². The van der Waals surface area contributed by atoms with E-state index in [-0.39, 0.29) is 12.0 Å². The number of rotatable bonds is 5. The lowest BCUT2D eigenvalue weighted by atomic mass is 10.0. The summed E-state index contributed by atoms with van der Waals surface area (Å²) in [4.78, 5) is 13.6. The van der Waals surface area contributed by atoms with Gasteiger partial charge in [0.1, 0.15) is 23.7 Å². The van der Waals surface area contributed by atoms with Gasteiger partial charge >= 0.3 is 0 Å². The van der Waals surface area contributed by atoms with Gasteiger partial charge in [-0.2, -0.15) is 0 Å². The van der Waals surface area contributed by atoms with E-state index in [9.17, 15) is 4.79 Å². The molecular formula is C28H24Cl2O5. The molecule has 7 heteroatoms. The van der Waals surface area contributed by atoms with E-state index in [4.69, 9.17) is 41.8 Å². The molecule has 5 nitrogen and oxygen atoms in total. The van der Waals surface area contributed by atoms with E-state index < -0.39 is 0 Å². The van der Waals surface area contributed by atoms with Crippen molar-refractivity contribution >= 4 is 34.2 Å². The molecule has 0 aliphatic carbocycles. The third-order valence-corrected chi connectivity index (χ3v) is 6.81. The highest BCUT2D eigenvalue weighted by Gasteiger charge is 2.19. The van der Waals surface area contributed by atoms with Gasteiger partial charge in [0, 0.05) is 28.1 Å². The van der Waals surface area contributed by atoms with Crippen LogP contribution in [0.4, 0.5) is 0 Å². The summed E-state index contributed by atoms with van der Waals surface area (Å²) >= 11 is 12.6. The van der Waals surface area contributed by atoms with Gasteiger partial charge in [-0.1, -0.05) is 42.3 Å². The quantitative estimate of drug-likeness (QED) is 0.280. The molecule has 1 aliphatic heterocycles. The van der Waals surface area contributed by atoms with Gasteiger partial charge in [0.2, 0.25) is 5.43 Å². The molecule has 5 rings (SSSR count). The largest absolute Gasteiger partial charge is 0.490 e. The zero-order valence-electron chi connectivity index (χ0n) is 19.5. The van der Waals surface area contributed by atoms with Crippen molar-refractivity contribution in [2.75, 3.05) is 13.2 Å². The maximum Gasteiger partial charge on any atom is 0.200 e. The summed E-state index contributed by atoms with van der Waals surface area (Å²) in [5, 5.41) is 1.58. The molecule has 2 heterocycles. The Labute approximate surface area is 213 Å². The zero-order valence-corrected chi connectivity index (χ0v) is 21.0. The molecule has 0 N–H and O–H groups in total. The molecule has 0 spiro atoms. The van der Waals surface area contributed by atoms with Crippen molar-refractivity contribution in [1.29, 1.82) is 0 Å². The topological polar surface area (TPSA) is 57.9 Å². The lowest BCUT2D eigenvalue weighted by molar-refractivity contribution is 0.297. The molecule has 0 bridgehead atoms. The minimum absolute atomic E-state index is 0.103. The smallest absolute Gasteiger partial charge is 0.200 e. The monoisotopic (exact) mass is 510 g/mol. The molecule has 0 fully saturated rings. The van der Waals surface area contributed by atoms with Gasteiger partial charge in [-0.25, -0.2) is 0 Å². The van der Waals surface area contributed by atoms with Crippen LogP contribution in [-0.2, 0) is 13.0 Å². The molecule has 4 aromatic rings. The molecule has 0 unspecified atom stereocenters. The predicted octanol–water partition coefficient (Wildman–Crippen LogP) is 7.38. The summed E-state index contributed by atoms with van der Waals surface area (Å²) in [7, 11) is 0. The molecule has 35 heavy (non-hydrogen) atoms. The van der Waals surface area contributed by atoms with Gasteiger partial charge in [0.15, 0.2) is 11.5 Å². The van der Waals surface area contributed by atoms with E-state index in [1.807, 2.05) is 31.2 Å². The highest BCUT2D eigenvalue weighted by atomic mass is 35.5. The molecule has 1 aliphatic rings. The average Bonchev–Trinajstić information content (AvgIpc) is 3.08. The van der Waals surface area contributed by atoms with Crippen LogP contribution >= 0.6 is 23.2 Å². The second kappa shape index (κ2) is 9.84. The second-order valence-corrected chi connectivity index (χ2v) is 9.19. The Bertz CT molecular complexity index is 1450. The number of hydrogen-bond acceptors (Lipinski definition) is 5. The standard InChI is InChI=1S/C28H24Cl2O5/c1-3-17-12-19-25(14-24(17)34-15-20-21(29)6-4-7-22(20)30)35-16(2)27(28(19)31)18-8-9-23-26(13-18)33-11-5-10-32-23/h4,6-9,12-14H,3,5,10-11,15H2,1-2H3. The fourth-order valence-corrected chi connectivity index (χ4v) is 4.77. The second-order valence-electron chi connectivity index (χ2n) is 8.37. The Kier molecular flexibility index (Phi) is 6.63. The van der Waals surface area contributed by atoms with Crippen LogP contribution in [0.3, 0.4) is 0 Å². The summed E-state index contributed by atoms with van der Waals surface area (Å²) in [6, 6.07) is 14.5. The van der Waals surface area contributed by atoms with E-state index in [2.05, 4.69) is 0 Å². The molecule has 1 aromatic heterocycles. The van der Waals surface area contributed by atoms with Crippen LogP contribution in [0.25, 0.3) is 22.1 Å². The van der Waals surface area contributed by atoms with Crippen LogP contribution in [0.15, 0.2) is 57.7 Å². The van der Waals surface area contributed by atoms with Crippen LogP contribution in [0, 0.1) is 6.92 Å². The Balaban J connectivity index is 1.55. The van der Waals surface area contributed by atoms with Gasteiger partial charge in [-0.05, 0) is 54.8 Å². The normalized spacial score (nSPS) is 13.0. The fraction of sp³-hybridized carbons (Fsp3) is 0.250. The Morgan fingerprint density at radius 2 is 1.71 bits per heavy atom. The SMILES string of the molecule is CCc1cc2c(=O)c(-c3ccc4c(c3)OCCCO4)c(C)oc2cc1OCc1c(Cl)cccc1Cl. The van der Waals surface area contributed by atoms with E-state index in [1.54, 1.807) is 31.2 Å². The van der Waals surface area contributed by atoms with Gasteiger partial charge in [0.25, 0.3) is 0 Å². The van der Waals surface area contributed by atoms with Crippen molar-refractivity contribution in [3.8, 4) is 28.4 Å². The number of aryl methyl sites for hydroxylation is 2. The molecule has 0 saturated heterocycles. The Morgan fingerprint density at radius 3 is 2.46 bits per heavy atom. The van der Waals surface area contributed by atoms with Crippen LogP contribution in [0.2, 0.25) is 10.0 Å². The van der Waals surface area contributed by atoms with Crippen molar-refractivity contribution in [1.82, 2.24) is 0 Å². The van der Waals surface area contributed by atoms with E-state index in [1.165, 1.54) is 0 Å². The first kappa shape index (κ1) is 23.6. The lowest BCUT2D eigenvalue weighted by Crippen LogP contribution is -2.09. The summed E-state index contributed by atoms with van der Waals surface area (Å²) < 4.78 is 23.8. The summed E-state index contributed by atoms with van der Waals surface area (Å²) in [5.41, 5.74) is 3.19. The number of benzene rings is 3. The fourth-order valence-electron chi connectivity index (χ4n) is 4.26. The molecule has 0 saturated carbocycles. The molecular weight excluding hydrogens is 487 g/mol. The van der Waals surface area contributed by atoms with Crippen molar-refractivity contribution in [2.24, 2.45) is 0 Å². The summed E-state index contributed by atoms with van der Waals surface area (Å²) in [6.45, 7) is 5.18. The van der Waals surface area contributed by atoms with Crippen LogP contribution in [0.1, 0.15) is 30.2 Å². The third-order valence-electron chi connectivity index (χ3n) is 6.10. The maximum atomic E-state index is 13.6. The molecule has 0 radical (unpaired) electrons. The van der Waals surface area contributed by atoms with E-state index in [0.717, 1.165) is 17.5 Å². The van der Waals surface area contributed by atoms with E-state index in [0.29, 0.717) is 74.8 Å². The van der Waals surface area contributed by atoms with Crippen molar-refractivity contribution in [3.63, 3.8) is 0 Å². The third kappa shape index (κ3) is 4.58. The van der Waals surface area contributed by atoms with Gasteiger partial charge in [0.05, 0.1) is 24.2 Å². The predicted molar refractivity (Wildman–Crippen MR) is 138 cm³/mol. The molecule has 180 valence electrons. The van der Waals surface area contributed by atoms with Crippen molar-refractivity contribution in [2.45, 2.75) is 33.3 Å². The van der Waals surface area contributed by atoms with E-state index >= 15 is 0 Å². The maximum absolute atomic E-state index is 13.6. The Hall–Kier alpha value is -3.15. The van der Waals surface area contributed by atoms with Crippen LogP contribution in [0.5, 0.6) is 17.2 Å². The molecule has 3 aromatic carbocycles. The number of fused-ring (bicyclic) bond motifs is 2. The first-order chi connectivity index (χ1) is 17.0. The van der Waals surface area contributed by atoms with Crippen LogP contribution < -0.4 is 19.6 Å². The minimum Gasteiger partial charge on any atom is -0.490 e. The number of halogens is 2. The zero-order chi connectivity index (χ0) is 24.5. The molecule has 0 atom stereocenters. The highest BCUT2D eigenvalue weighted by molar-refractivity contribution is 6.35.